The molecule has 0 aliphatic carbocycles. The third-order valence-electron chi connectivity index (χ3n) is 9.02. The Bertz CT molecular complexity index is 1860. The van der Waals surface area contributed by atoms with E-state index in [0.29, 0.717) is 39.6 Å². The standard InChI is InChI=1S/C43H43N3O5/c1-6-16-33(17-7-1)28-47-32-40-42(49-30-35-20-10-3-11-21-35)43(50-31-36-22-12-4-13-23-36)41(48-29-34-18-8-2-9-19-34)39(51-40)27-46-38(26-44-45-46)37-24-14-5-15-25-37/h1-26,39-43H,27-32H2/t39-,40?,41?,42+,43?/m0/s1. The van der Waals surface area contributed by atoms with Crippen LogP contribution in [-0.4, -0.2) is 52.1 Å². The lowest BCUT2D eigenvalue weighted by molar-refractivity contribution is -0.275. The van der Waals surface area contributed by atoms with Gasteiger partial charge in [0, 0.05) is 5.56 Å². The highest BCUT2D eigenvalue weighted by atomic mass is 16.6. The molecule has 0 radical (unpaired) electrons. The molecule has 1 saturated heterocycles. The van der Waals surface area contributed by atoms with E-state index in [4.69, 9.17) is 23.7 Å². The Morgan fingerprint density at radius 3 is 1.43 bits per heavy atom. The van der Waals surface area contributed by atoms with Crippen molar-refractivity contribution in [2.75, 3.05) is 6.61 Å². The maximum Gasteiger partial charge on any atom is 0.115 e. The molecule has 51 heavy (non-hydrogen) atoms. The van der Waals surface area contributed by atoms with Gasteiger partial charge in [0.15, 0.2) is 0 Å². The van der Waals surface area contributed by atoms with Crippen LogP contribution >= 0.6 is 0 Å². The minimum absolute atomic E-state index is 0.296. The van der Waals surface area contributed by atoms with Gasteiger partial charge >= 0.3 is 0 Å². The SMILES string of the molecule is c1ccc(COCC2O[C@@H](Cn3nncc3-c3ccccc3)C(OCc3ccccc3)C(OCc3ccccc3)[C@@H]2OCc2ccccc2)cc1. The van der Waals surface area contributed by atoms with Crippen molar-refractivity contribution in [2.45, 2.75) is 63.5 Å². The number of hydrogen-bond acceptors (Lipinski definition) is 7. The van der Waals surface area contributed by atoms with E-state index in [2.05, 4.69) is 71.0 Å². The van der Waals surface area contributed by atoms with Gasteiger partial charge in [-0.3, -0.25) is 0 Å². The fourth-order valence-electron chi connectivity index (χ4n) is 6.43. The van der Waals surface area contributed by atoms with Crippen molar-refractivity contribution in [3.63, 3.8) is 0 Å². The third kappa shape index (κ3) is 9.43. The molecule has 8 nitrogen and oxygen atoms in total. The van der Waals surface area contributed by atoms with Crippen LogP contribution in [0.2, 0.25) is 0 Å². The average Bonchev–Trinajstić information content (AvgIpc) is 3.66. The highest BCUT2D eigenvalue weighted by Gasteiger charge is 2.48. The smallest absolute Gasteiger partial charge is 0.115 e. The fourth-order valence-corrected chi connectivity index (χ4v) is 6.43. The number of rotatable bonds is 16. The molecule has 6 aromatic rings. The van der Waals surface area contributed by atoms with E-state index < -0.39 is 30.5 Å². The summed E-state index contributed by atoms with van der Waals surface area (Å²) in [6.07, 6.45) is -0.693. The number of hydrogen-bond donors (Lipinski definition) is 0. The molecule has 3 unspecified atom stereocenters. The zero-order valence-corrected chi connectivity index (χ0v) is 28.5. The molecule has 5 atom stereocenters. The molecule has 0 N–H and O–H groups in total. The summed E-state index contributed by atoms with van der Waals surface area (Å²) in [7, 11) is 0. The van der Waals surface area contributed by atoms with Crippen LogP contribution in [0, 0.1) is 0 Å². The molecule has 260 valence electrons. The monoisotopic (exact) mass is 681 g/mol. The van der Waals surface area contributed by atoms with Gasteiger partial charge < -0.3 is 23.7 Å². The number of aromatic nitrogens is 3. The average molecular weight is 682 g/mol. The van der Waals surface area contributed by atoms with Gasteiger partial charge in [-0.2, -0.15) is 0 Å². The molecular weight excluding hydrogens is 638 g/mol. The summed E-state index contributed by atoms with van der Waals surface area (Å²) in [5.41, 5.74) is 6.17. The molecule has 1 aliphatic heterocycles. The zero-order chi connectivity index (χ0) is 34.5. The molecule has 1 aliphatic rings. The van der Waals surface area contributed by atoms with Crippen LogP contribution in [0.4, 0.5) is 0 Å². The van der Waals surface area contributed by atoms with E-state index >= 15 is 0 Å². The fraction of sp³-hybridized carbons (Fsp3) is 0.256. The molecule has 2 heterocycles. The largest absolute Gasteiger partial charge is 0.374 e. The molecule has 1 aromatic heterocycles. The number of benzene rings is 5. The van der Waals surface area contributed by atoms with Crippen molar-refractivity contribution >= 4 is 0 Å². The maximum absolute atomic E-state index is 7.03. The first-order chi connectivity index (χ1) is 25.3. The lowest BCUT2D eigenvalue weighted by Crippen LogP contribution is -2.62. The Kier molecular flexibility index (Phi) is 12.0. The van der Waals surface area contributed by atoms with Crippen molar-refractivity contribution in [1.29, 1.82) is 0 Å². The number of nitrogens with zero attached hydrogens (tertiary/aromatic N) is 3. The normalized spacial score (nSPS) is 20.3. The summed E-state index contributed by atoms with van der Waals surface area (Å²) in [6, 6.07) is 50.8. The third-order valence-corrected chi connectivity index (χ3v) is 9.02. The van der Waals surface area contributed by atoms with Crippen LogP contribution < -0.4 is 0 Å². The Labute approximate surface area is 299 Å². The summed E-state index contributed by atoms with van der Waals surface area (Å²) in [5, 5.41) is 8.80. The minimum Gasteiger partial charge on any atom is -0.374 e. The topological polar surface area (TPSA) is 76.9 Å². The molecule has 5 aromatic carbocycles. The van der Waals surface area contributed by atoms with Crippen LogP contribution in [0.5, 0.6) is 0 Å². The van der Waals surface area contributed by atoms with Gasteiger partial charge in [0.2, 0.25) is 0 Å². The van der Waals surface area contributed by atoms with E-state index in [9.17, 15) is 0 Å². The molecular formula is C43H43N3O5. The number of ether oxygens (including phenoxy) is 5. The van der Waals surface area contributed by atoms with Gasteiger partial charge in [-0.05, 0) is 22.3 Å². The van der Waals surface area contributed by atoms with Crippen molar-refractivity contribution in [3.8, 4) is 11.3 Å². The van der Waals surface area contributed by atoms with Gasteiger partial charge in [-0.1, -0.05) is 157 Å². The quantitative estimate of drug-likeness (QED) is 0.104. The van der Waals surface area contributed by atoms with E-state index in [1.807, 2.05) is 95.7 Å². The molecule has 0 spiro atoms. The van der Waals surface area contributed by atoms with Crippen molar-refractivity contribution < 1.29 is 23.7 Å². The van der Waals surface area contributed by atoms with Gasteiger partial charge in [-0.25, -0.2) is 4.68 Å². The molecule has 0 amide bonds. The Morgan fingerprint density at radius 1 is 0.490 bits per heavy atom. The van der Waals surface area contributed by atoms with E-state index in [1.54, 1.807) is 6.20 Å². The highest BCUT2D eigenvalue weighted by molar-refractivity contribution is 5.57. The van der Waals surface area contributed by atoms with Gasteiger partial charge in [0.1, 0.15) is 30.5 Å². The predicted octanol–water partition coefficient (Wildman–Crippen LogP) is 7.69. The molecule has 8 heteroatoms. The summed E-state index contributed by atoms with van der Waals surface area (Å²) >= 11 is 0. The van der Waals surface area contributed by atoms with Crippen molar-refractivity contribution in [3.05, 3.63) is 180 Å². The van der Waals surface area contributed by atoms with Crippen LogP contribution in [0.15, 0.2) is 158 Å². The van der Waals surface area contributed by atoms with Gasteiger partial charge in [-0.15, -0.1) is 5.10 Å². The predicted molar refractivity (Wildman–Crippen MR) is 195 cm³/mol. The van der Waals surface area contributed by atoms with E-state index in [-0.39, 0.29) is 0 Å². The van der Waals surface area contributed by atoms with Crippen molar-refractivity contribution in [1.82, 2.24) is 15.0 Å². The first kappa shape index (κ1) is 34.5. The van der Waals surface area contributed by atoms with Crippen LogP contribution in [0.3, 0.4) is 0 Å². The van der Waals surface area contributed by atoms with Crippen molar-refractivity contribution in [2.24, 2.45) is 0 Å². The van der Waals surface area contributed by atoms with Crippen LogP contribution in [0.25, 0.3) is 11.3 Å². The van der Waals surface area contributed by atoms with Crippen LogP contribution in [0.1, 0.15) is 22.3 Å². The van der Waals surface area contributed by atoms with E-state index in [1.165, 1.54) is 0 Å². The Hall–Kier alpha value is -4.96. The molecule has 7 rings (SSSR count). The lowest BCUT2D eigenvalue weighted by atomic mass is 9.93. The lowest BCUT2D eigenvalue weighted by Gasteiger charge is -2.46. The molecule has 0 saturated carbocycles. The zero-order valence-electron chi connectivity index (χ0n) is 28.5. The Balaban J connectivity index is 1.23. The second-order valence-corrected chi connectivity index (χ2v) is 12.7. The first-order valence-electron chi connectivity index (χ1n) is 17.5. The second kappa shape index (κ2) is 17.8. The summed E-state index contributed by atoms with van der Waals surface area (Å²) in [6.45, 7) is 2.26. The van der Waals surface area contributed by atoms with Gasteiger partial charge in [0.05, 0.1) is 51.5 Å². The van der Waals surface area contributed by atoms with Crippen LogP contribution in [-0.2, 0) is 56.7 Å². The van der Waals surface area contributed by atoms with E-state index in [0.717, 1.165) is 33.5 Å². The maximum atomic E-state index is 7.03. The highest BCUT2D eigenvalue weighted by Crippen LogP contribution is 2.32. The summed E-state index contributed by atoms with van der Waals surface area (Å²) in [5.74, 6) is 0. The van der Waals surface area contributed by atoms with Gasteiger partial charge in [0.25, 0.3) is 0 Å². The molecule has 1 fully saturated rings. The minimum atomic E-state index is -0.520. The second-order valence-electron chi connectivity index (χ2n) is 12.7. The first-order valence-corrected chi connectivity index (χ1v) is 17.5. The Morgan fingerprint density at radius 2 is 0.922 bits per heavy atom. The summed E-state index contributed by atoms with van der Waals surface area (Å²) in [4.78, 5) is 0. The summed E-state index contributed by atoms with van der Waals surface area (Å²) < 4.78 is 35.8. The molecule has 0 bridgehead atoms.